The standard InChI is InChI=1S/C15H31P/c1-11(2)16(12(3)4)14-9-8-13(10-14)15(5,6)7/h11-14H,8-10H2,1-7H3. The molecule has 1 saturated carbocycles. The highest BCUT2D eigenvalue weighted by molar-refractivity contribution is 7.59. The predicted octanol–water partition coefficient (Wildman–Crippen LogP) is 5.50. The van der Waals surface area contributed by atoms with Crippen molar-refractivity contribution in [1.29, 1.82) is 0 Å². The normalized spacial score (nSPS) is 27.4. The fourth-order valence-electron chi connectivity index (χ4n) is 3.45. The summed E-state index contributed by atoms with van der Waals surface area (Å²) in [6.07, 6.45) is 4.49. The second-order valence-electron chi connectivity index (χ2n) is 7.16. The third-order valence-corrected chi connectivity index (χ3v) is 7.94. The quantitative estimate of drug-likeness (QED) is 0.573. The molecule has 16 heavy (non-hydrogen) atoms. The monoisotopic (exact) mass is 242 g/mol. The molecule has 0 bridgehead atoms. The molecule has 0 aliphatic heterocycles. The molecule has 96 valence electrons. The van der Waals surface area contributed by atoms with Gasteiger partial charge in [0.05, 0.1) is 0 Å². The minimum absolute atomic E-state index is 0.246. The number of hydrogen-bond donors (Lipinski definition) is 0. The summed E-state index contributed by atoms with van der Waals surface area (Å²) in [6, 6.07) is 0. The van der Waals surface area contributed by atoms with E-state index in [1.165, 1.54) is 19.3 Å². The van der Waals surface area contributed by atoms with Crippen LogP contribution in [0.5, 0.6) is 0 Å². The van der Waals surface area contributed by atoms with Crippen LogP contribution in [0.15, 0.2) is 0 Å². The van der Waals surface area contributed by atoms with E-state index in [2.05, 4.69) is 48.5 Å². The van der Waals surface area contributed by atoms with Gasteiger partial charge in [0.15, 0.2) is 0 Å². The van der Waals surface area contributed by atoms with Crippen LogP contribution in [0.1, 0.15) is 67.7 Å². The number of hydrogen-bond acceptors (Lipinski definition) is 0. The van der Waals surface area contributed by atoms with Crippen molar-refractivity contribution < 1.29 is 0 Å². The van der Waals surface area contributed by atoms with Crippen molar-refractivity contribution in [3.8, 4) is 0 Å². The molecule has 0 saturated heterocycles. The van der Waals surface area contributed by atoms with E-state index < -0.39 is 0 Å². The molecule has 2 unspecified atom stereocenters. The zero-order valence-corrected chi connectivity index (χ0v) is 13.3. The molecule has 0 spiro atoms. The summed E-state index contributed by atoms with van der Waals surface area (Å²) in [5.74, 6) is 0.972. The lowest BCUT2D eigenvalue weighted by Gasteiger charge is -2.33. The van der Waals surface area contributed by atoms with Crippen molar-refractivity contribution in [1.82, 2.24) is 0 Å². The van der Waals surface area contributed by atoms with E-state index >= 15 is 0 Å². The van der Waals surface area contributed by atoms with Crippen LogP contribution >= 0.6 is 7.92 Å². The lowest BCUT2D eigenvalue weighted by atomic mass is 9.80. The van der Waals surface area contributed by atoms with Gasteiger partial charge in [-0.25, -0.2) is 0 Å². The Labute approximate surface area is 104 Å². The van der Waals surface area contributed by atoms with Crippen LogP contribution in [0.25, 0.3) is 0 Å². The zero-order valence-electron chi connectivity index (χ0n) is 12.4. The second kappa shape index (κ2) is 5.38. The Morgan fingerprint density at radius 3 is 1.75 bits per heavy atom. The van der Waals surface area contributed by atoms with Crippen LogP contribution < -0.4 is 0 Å². The van der Waals surface area contributed by atoms with Crippen LogP contribution in [-0.2, 0) is 0 Å². The third-order valence-electron chi connectivity index (χ3n) is 4.24. The Kier molecular flexibility index (Phi) is 4.88. The molecule has 0 N–H and O–H groups in total. The molecule has 0 aromatic rings. The van der Waals surface area contributed by atoms with Gasteiger partial charge in [0, 0.05) is 0 Å². The third kappa shape index (κ3) is 3.46. The largest absolute Gasteiger partial charge is 0.0982 e. The molecule has 1 aliphatic rings. The Morgan fingerprint density at radius 1 is 0.938 bits per heavy atom. The molecule has 1 aliphatic carbocycles. The van der Waals surface area contributed by atoms with Gasteiger partial charge < -0.3 is 0 Å². The maximum Gasteiger partial charge on any atom is -0.0202 e. The van der Waals surface area contributed by atoms with Crippen LogP contribution in [0, 0.1) is 11.3 Å². The molecular formula is C15H31P. The molecule has 1 heteroatoms. The summed E-state index contributed by atoms with van der Waals surface area (Å²) in [5.41, 5.74) is 3.42. The molecule has 0 nitrogen and oxygen atoms in total. The first kappa shape index (κ1) is 14.5. The summed E-state index contributed by atoms with van der Waals surface area (Å²) in [4.78, 5) is 0. The molecule has 1 fully saturated rings. The van der Waals surface area contributed by atoms with Gasteiger partial charge in [0.25, 0.3) is 0 Å². The van der Waals surface area contributed by atoms with Gasteiger partial charge >= 0.3 is 0 Å². The first-order valence-electron chi connectivity index (χ1n) is 7.01. The molecule has 1 rings (SSSR count). The molecule has 2 atom stereocenters. The summed E-state index contributed by atoms with van der Waals surface area (Å²) >= 11 is 0. The molecule has 0 aromatic heterocycles. The molecule has 0 radical (unpaired) electrons. The van der Waals surface area contributed by atoms with Crippen molar-refractivity contribution in [2.75, 3.05) is 0 Å². The topological polar surface area (TPSA) is 0 Å². The van der Waals surface area contributed by atoms with Gasteiger partial charge in [-0.2, -0.15) is 0 Å². The van der Waals surface area contributed by atoms with E-state index in [0.29, 0.717) is 5.41 Å². The highest BCUT2D eigenvalue weighted by Gasteiger charge is 2.37. The first-order valence-corrected chi connectivity index (χ1v) is 8.55. The van der Waals surface area contributed by atoms with Crippen molar-refractivity contribution in [3.05, 3.63) is 0 Å². The van der Waals surface area contributed by atoms with Gasteiger partial charge in [-0.05, 0) is 47.6 Å². The zero-order chi connectivity index (χ0) is 12.5. The van der Waals surface area contributed by atoms with Crippen LogP contribution in [0.4, 0.5) is 0 Å². The summed E-state index contributed by atoms with van der Waals surface area (Å²) in [6.45, 7) is 17.0. The Hall–Kier alpha value is 0.430. The fraction of sp³-hybridized carbons (Fsp3) is 1.00. The van der Waals surface area contributed by atoms with Gasteiger partial charge in [0.1, 0.15) is 0 Å². The maximum atomic E-state index is 2.44. The van der Waals surface area contributed by atoms with Gasteiger partial charge in [-0.15, -0.1) is 0 Å². The lowest BCUT2D eigenvalue weighted by molar-refractivity contribution is 0.246. The minimum Gasteiger partial charge on any atom is -0.0982 e. The van der Waals surface area contributed by atoms with Crippen LogP contribution in [0.3, 0.4) is 0 Å². The SMILES string of the molecule is CC(C)P(C(C)C)C1CCC(C(C)(C)C)C1. The maximum absolute atomic E-state index is 2.44. The first-order chi connectivity index (χ1) is 7.23. The van der Waals surface area contributed by atoms with E-state index in [9.17, 15) is 0 Å². The van der Waals surface area contributed by atoms with E-state index in [1.54, 1.807) is 0 Å². The summed E-state index contributed by atoms with van der Waals surface area (Å²) in [7, 11) is 0.246. The lowest BCUT2D eigenvalue weighted by Crippen LogP contribution is -2.20. The molecule has 0 heterocycles. The summed E-state index contributed by atoms with van der Waals surface area (Å²) < 4.78 is 0. The van der Waals surface area contributed by atoms with Crippen LogP contribution in [-0.4, -0.2) is 17.0 Å². The van der Waals surface area contributed by atoms with Gasteiger partial charge in [0.2, 0.25) is 0 Å². The van der Waals surface area contributed by atoms with Crippen molar-refractivity contribution in [2.24, 2.45) is 11.3 Å². The second-order valence-corrected chi connectivity index (χ2v) is 10.9. The van der Waals surface area contributed by atoms with Crippen molar-refractivity contribution in [3.63, 3.8) is 0 Å². The highest BCUT2D eigenvalue weighted by atomic mass is 31.1. The van der Waals surface area contributed by atoms with Crippen molar-refractivity contribution in [2.45, 2.75) is 84.7 Å². The number of rotatable bonds is 3. The Morgan fingerprint density at radius 2 is 1.44 bits per heavy atom. The smallest absolute Gasteiger partial charge is 0.0202 e. The predicted molar refractivity (Wildman–Crippen MR) is 77.8 cm³/mol. The van der Waals surface area contributed by atoms with E-state index in [1.807, 2.05) is 0 Å². The van der Waals surface area contributed by atoms with Crippen LogP contribution in [0.2, 0.25) is 0 Å². The molecular weight excluding hydrogens is 211 g/mol. The van der Waals surface area contributed by atoms with E-state index in [-0.39, 0.29) is 7.92 Å². The summed E-state index contributed by atoms with van der Waals surface area (Å²) in [5, 5.41) is 0. The van der Waals surface area contributed by atoms with E-state index in [0.717, 1.165) is 22.9 Å². The average Bonchev–Trinajstić information content (AvgIpc) is 2.50. The highest BCUT2D eigenvalue weighted by Crippen LogP contribution is 2.58. The average molecular weight is 242 g/mol. The van der Waals surface area contributed by atoms with Gasteiger partial charge in [-0.1, -0.05) is 56.4 Å². The molecule has 0 aromatic carbocycles. The minimum atomic E-state index is 0.246. The Bertz CT molecular complexity index is 204. The van der Waals surface area contributed by atoms with E-state index in [4.69, 9.17) is 0 Å². The van der Waals surface area contributed by atoms with Crippen molar-refractivity contribution >= 4 is 7.92 Å². The fourth-order valence-corrected chi connectivity index (χ4v) is 7.28. The van der Waals surface area contributed by atoms with Gasteiger partial charge in [-0.3, -0.25) is 0 Å². The Balaban J connectivity index is 2.64. The molecule has 0 amide bonds.